The molecule has 4 heteroatoms. The summed E-state index contributed by atoms with van der Waals surface area (Å²) in [5.74, 6) is 1.10. The van der Waals surface area contributed by atoms with E-state index in [-0.39, 0.29) is 6.61 Å². The average molecular weight is 261 g/mol. The Morgan fingerprint density at radius 3 is 2.89 bits per heavy atom. The number of nitrogens with zero attached hydrogens (tertiary/aromatic N) is 2. The van der Waals surface area contributed by atoms with E-state index in [1.807, 2.05) is 6.07 Å². The van der Waals surface area contributed by atoms with E-state index in [2.05, 4.69) is 35.0 Å². The van der Waals surface area contributed by atoms with Crippen LogP contribution in [0.25, 0.3) is 11.0 Å². The van der Waals surface area contributed by atoms with Crippen LogP contribution in [0, 0.1) is 0 Å². The van der Waals surface area contributed by atoms with Crippen LogP contribution >= 0.6 is 0 Å². The second-order valence-electron chi connectivity index (χ2n) is 4.78. The lowest BCUT2D eigenvalue weighted by Gasteiger charge is -2.08. The Labute approximate surface area is 114 Å². The summed E-state index contributed by atoms with van der Waals surface area (Å²) in [6, 6.07) is 8.29. The van der Waals surface area contributed by atoms with Crippen LogP contribution in [0.4, 0.5) is 0 Å². The Kier molecular flexibility index (Phi) is 5.36. The molecule has 0 bridgehead atoms. The molecule has 19 heavy (non-hydrogen) atoms. The third-order valence-electron chi connectivity index (χ3n) is 3.23. The number of aliphatic hydroxyl groups excluding tert-OH is 1. The van der Waals surface area contributed by atoms with Crippen molar-refractivity contribution < 1.29 is 5.11 Å². The van der Waals surface area contributed by atoms with Crippen molar-refractivity contribution in [3.05, 3.63) is 30.1 Å². The summed E-state index contributed by atoms with van der Waals surface area (Å²) in [5, 5.41) is 12.1. The Balaban J connectivity index is 2.06. The number of aliphatic hydroxyl groups is 1. The fraction of sp³-hybridized carbons (Fsp3) is 0.533. The van der Waals surface area contributed by atoms with Crippen LogP contribution in [0.1, 0.15) is 32.0 Å². The molecule has 0 unspecified atom stereocenters. The summed E-state index contributed by atoms with van der Waals surface area (Å²) in [6.45, 7) is 5.19. The number of fused-ring (bicyclic) bond motifs is 1. The summed E-state index contributed by atoms with van der Waals surface area (Å²) in [4.78, 5) is 4.70. The molecule has 1 heterocycles. The van der Waals surface area contributed by atoms with E-state index < -0.39 is 0 Å². The number of imidazole rings is 1. The lowest BCUT2D eigenvalue weighted by molar-refractivity contribution is 0.283. The minimum absolute atomic E-state index is 0.274. The predicted molar refractivity (Wildman–Crippen MR) is 78.1 cm³/mol. The van der Waals surface area contributed by atoms with Gasteiger partial charge in [0.1, 0.15) is 5.82 Å². The first-order valence-electron chi connectivity index (χ1n) is 7.12. The highest BCUT2D eigenvalue weighted by molar-refractivity contribution is 5.75. The van der Waals surface area contributed by atoms with Crippen LogP contribution in [0.5, 0.6) is 0 Å². The molecule has 1 aromatic heterocycles. The molecule has 0 fully saturated rings. The van der Waals surface area contributed by atoms with Crippen molar-refractivity contribution in [1.82, 2.24) is 14.9 Å². The van der Waals surface area contributed by atoms with E-state index in [1.165, 1.54) is 5.52 Å². The topological polar surface area (TPSA) is 50.1 Å². The van der Waals surface area contributed by atoms with Crippen molar-refractivity contribution in [1.29, 1.82) is 0 Å². The Bertz CT molecular complexity index is 507. The Hall–Kier alpha value is -1.39. The average Bonchev–Trinajstić information content (AvgIpc) is 2.78. The SMILES string of the molecule is CCCn1c(CNCCCCO)nc2ccccc21. The number of hydrogen-bond donors (Lipinski definition) is 2. The van der Waals surface area contributed by atoms with E-state index >= 15 is 0 Å². The zero-order chi connectivity index (χ0) is 13.5. The minimum atomic E-state index is 0.274. The van der Waals surface area contributed by atoms with Gasteiger partial charge in [-0.25, -0.2) is 4.98 Å². The van der Waals surface area contributed by atoms with Gasteiger partial charge in [-0.1, -0.05) is 19.1 Å². The van der Waals surface area contributed by atoms with Gasteiger partial charge in [0.15, 0.2) is 0 Å². The van der Waals surface area contributed by atoms with Crippen molar-refractivity contribution in [3.8, 4) is 0 Å². The minimum Gasteiger partial charge on any atom is -0.396 e. The number of aryl methyl sites for hydroxylation is 1. The quantitative estimate of drug-likeness (QED) is 0.717. The maximum atomic E-state index is 8.75. The van der Waals surface area contributed by atoms with Gasteiger partial charge in [0.05, 0.1) is 17.6 Å². The normalized spacial score (nSPS) is 11.3. The van der Waals surface area contributed by atoms with Gasteiger partial charge in [-0.15, -0.1) is 0 Å². The molecule has 2 aromatic rings. The molecule has 0 spiro atoms. The van der Waals surface area contributed by atoms with Gasteiger partial charge in [0.25, 0.3) is 0 Å². The number of aromatic nitrogens is 2. The fourth-order valence-corrected chi connectivity index (χ4v) is 2.30. The zero-order valence-electron chi connectivity index (χ0n) is 11.6. The van der Waals surface area contributed by atoms with Gasteiger partial charge >= 0.3 is 0 Å². The van der Waals surface area contributed by atoms with Gasteiger partial charge in [-0.2, -0.15) is 0 Å². The van der Waals surface area contributed by atoms with Crippen LogP contribution in [-0.4, -0.2) is 27.8 Å². The number of rotatable bonds is 8. The molecule has 0 amide bonds. The first kappa shape index (κ1) is 14.0. The van der Waals surface area contributed by atoms with Crippen molar-refractivity contribution in [2.24, 2.45) is 0 Å². The number of hydrogen-bond acceptors (Lipinski definition) is 3. The molecule has 0 aliphatic heterocycles. The summed E-state index contributed by atoms with van der Waals surface area (Å²) in [7, 11) is 0. The predicted octanol–water partition coefficient (Wildman–Crippen LogP) is 2.31. The molecule has 0 saturated carbocycles. The molecule has 0 aliphatic rings. The monoisotopic (exact) mass is 261 g/mol. The maximum Gasteiger partial charge on any atom is 0.123 e. The number of para-hydroxylation sites is 2. The van der Waals surface area contributed by atoms with Gasteiger partial charge in [0, 0.05) is 13.2 Å². The van der Waals surface area contributed by atoms with Crippen molar-refractivity contribution in [2.75, 3.05) is 13.2 Å². The molecular weight excluding hydrogens is 238 g/mol. The molecule has 0 aliphatic carbocycles. The van der Waals surface area contributed by atoms with E-state index in [9.17, 15) is 0 Å². The summed E-state index contributed by atoms with van der Waals surface area (Å²) >= 11 is 0. The highest BCUT2D eigenvalue weighted by atomic mass is 16.2. The highest BCUT2D eigenvalue weighted by Gasteiger charge is 2.08. The molecule has 4 nitrogen and oxygen atoms in total. The Morgan fingerprint density at radius 2 is 2.11 bits per heavy atom. The van der Waals surface area contributed by atoms with Crippen LogP contribution in [0.15, 0.2) is 24.3 Å². The van der Waals surface area contributed by atoms with Crippen LogP contribution in [-0.2, 0) is 13.1 Å². The number of unbranched alkanes of at least 4 members (excludes halogenated alkanes) is 1. The summed E-state index contributed by atoms with van der Waals surface area (Å²) < 4.78 is 2.30. The van der Waals surface area contributed by atoms with E-state index in [0.717, 1.165) is 50.2 Å². The maximum absolute atomic E-state index is 8.75. The van der Waals surface area contributed by atoms with Crippen molar-refractivity contribution in [2.45, 2.75) is 39.3 Å². The summed E-state index contributed by atoms with van der Waals surface area (Å²) in [5.41, 5.74) is 2.29. The zero-order valence-corrected chi connectivity index (χ0v) is 11.6. The van der Waals surface area contributed by atoms with Crippen LogP contribution in [0.3, 0.4) is 0 Å². The third-order valence-corrected chi connectivity index (χ3v) is 3.23. The Morgan fingerprint density at radius 1 is 1.26 bits per heavy atom. The number of nitrogens with one attached hydrogen (secondary N) is 1. The van der Waals surface area contributed by atoms with Gasteiger partial charge in [-0.05, 0) is 37.9 Å². The first-order chi connectivity index (χ1) is 9.36. The van der Waals surface area contributed by atoms with Crippen molar-refractivity contribution in [3.63, 3.8) is 0 Å². The highest BCUT2D eigenvalue weighted by Crippen LogP contribution is 2.16. The van der Waals surface area contributed by atoms with Gasteiger partial charge in [-0.3, -0.25) is 0 Å². The smallest absolute Gasteiger partial charge is 0.123 e. The molecule has 0 radical (unpaired) electrons. The lowest BCUT2D eigenvalue weighted by atomic mass is 10.3. The van der Waals surface area contributed by atoms with E-state index in [0.29, 0.717) is 0 Å². The third kappa shape index (κ3) is 3.55. The van der Waals surface area contributed by atoms with Crippen molar-refractivity contribution >= 4 is 11.0 Å². The number of benzene rings is 1. The second kappa shape index (κ2) is 7.26. The van der Waals surface area contributed by atoms with Gasteiger partial charge in [0.2, 0.25) is 0 Å². The van der Waals surface area contributed by atoms with E-state index in [4.69, 9.17) is 10.1 Å². The molecule has 2 rings (SSSR count). The molecule has 0 saturated heterocycles. The first-order valence-corrected chi connectivity index (χ1v) is 7.12. The summed E-state index contributed by atoms with van der Waals surface area (Å²) in [6.07, 6.45) is 2.97. The molecule has 1 aromatic carbocycles. The standard InChI is InChI=1S/C15H23N3O/c1-2-10-18-14-8-4-3-7-13(14)17-15(18)12-16-9-5-6-11-19/h3-4,7-8,16,19H,2,5-6,9-12H2,1H3. The van der Waals surface area contributed by atoms with Gasteiger partial charge < -0.3 is 15.0 Å². The van der Waals surface area contributed by atoms with Crippen LogP contribution < -0.4 is 5.32 Å². The molecular formula is C15H23N3O. The molecule has 104 valence electrons. The largest absolute Gasteiger partial charge is 0.396 e. The van der Waals surface area contributed by atoms with E-state index in [1.54, 1.807) is 0 Å². The lowest BCUT2D eigenvalue weighted by Crippen LogP contribution is -2.18. The molecule has 0 atom stereocenters. The fourth-order valence-electron chi connectivity index (χ4n) is 2.30. The molecule has 2 N–H and O–H groups in total. The van der Waals surface area contributed by atoms with Crippen LogP contribution in [0.2, 0.25) is 0 Å². The second-order valence-corrected chi connectivity index (χ2v) is 4.78.